The molecule has 1 aromatic rings. The summed E-state index contributed by atoms with van der Waals surface area (Å²) >= 11 is 1.74. The molecule has 12 heavy (non-hydrogen) atoms. The van der Waals surface area contributed by atoms with E-state index in [-0.39, 0.29) is 0 Å². The fraction of sp³-hybridized carbons (Fsp3) is 0.375. The predicted octanol–water partition coefficient (Wildman–Crippen LogP) is 1.54. The van der Waals surface area contributed by atoms with E-state index in [0.717, 1.165) is 23.6 Å². The second-order valence-corrected chi connectivity index (χ2v) is 3.43. The van der Waals surface area contributed by atoms with Gasteiger partial charge in [0.2, 0.25) is 0 Å². The first-order chi connectivity index (χ1) is 5.86. The van der Waals surface area contributed by atoms with Gasteiger partial charge in [0.25, 0.3) is 0 Å². The van der Waals surface area contributed by atoms with Gasteiger partial charge in [-0.05, 0) is 11.8 Å². The van der Waals surface area contributed by atoms with Gasteiger partial charge in [-0.1, -0.05) is 6.92 Å². The molecule has 0 unspecified atom stereocenters. The zero-order valence-corrected chi connectivity index (χ0v) is 7.67. The van der Waals surface area contributed by atoms with E-state index in [0.29, 0.717) is 5.69 Å². The van der Waals surface area contributed by atoms with E-state index in [9.17, 15) is 4.79 Å². The van der Waals surface area contributed by atoms with E-state index in [2.05, 4.69) is 16.9 Å². The van der Waals surface area contributed by atoms with E-state index in [4.69, 9.17) is 0 Å². The van der Waals surface area contributed by atoms with Crippen molar-refractivity contribution in [2.75, 3.05) is 5.75 Å². The lowest BCUT2D eigenvalue weighted by atomic mass is 10.4. The van der Waals surface area contributed by atoms with Crippen LogP contribution in [0.5, 0.6) is 0 Å². The van der Waals surface area contributed by atoms with Crippen LogP contribution in [0.1, 0.15) is 23.2 Å². The van der Waals surface area contributed by atoms with Crippen LogP contribution in [0, 0.1) is 0 Å². The molecule has 1 aromatic heterocycles. The summed E-state index contributed by atoms with van der Waals surface area (Å²) in [7, 11) is 0. The van der Waals surface area contributed by atoms with Crippen LogP contribution in [-0.4, -0.2) is 22.0 Å². The van der Waals surface area contributed by atoms with Gasteiger partial charge in [0.1, 0.15) is 11.5 Å². The molecule has 0 spiro atoms. The number of thioether (sulfide) groups is 1. The summed E-state index contributed by atoms with van der Waals surface area (Å²) in [6.07, 6.45) is 2.35. The lowest BCUT2D eigenvalue weighted by molar-refractivity contribution is 0.111. The Morgan fingerprint density at radius 2 is 2.50 bits per heavy atom. The second kappa shape index (κ2) is 4.87. The van der Waals surface area contributed by atoms with Crippen molar-refractivity contribution in [2.45, 2.75) is 12.7 Å². The van der Waals surface area contributed by atoms with Gasteiger partial charge in [-0.2, -0.15) is 11.8 Å². The summed E-state index contributed by atoms with van der Waals surface area (Å²) in [6.45, 7) is 2.08. The molecular formula is C8H10N2OS. The summed E-state index contributed by atoms with van der Waals surface area (Å²) in [5, 5.41) is 0. The number of hydrogen-bond donors (Lipinski definition) is 0. The van der Waals surface area contributed by atoms with E-state index in [1.54, 1.807) is 24.0 Å². The van der Waals surface area contributed by atoms with Crippen LogP contribution in [-0.2, 0) is 5.75 Å². The minimum absolute atomic E-state index is 0.455. The number of nitrogens with zero attached hydrogens (tertiary/aromatic N) is 2. The molecule has 0 atom stereocenters. The zero-order chi connectivity index (χ0) is 8.81. The predicted molar refractivity (Wildman–Crippen MR) is 49.3 cm³/mol. The van der Waals surface area contributed by atoms with Crippen LogP contribution in [0.25, 0.3) is 0 Å². The van der Waals surface area contributed by atoms with Crippen LogP contribution in [0.15, 0.2) is 12.3 Å². The fourth-order valence-corrected chi connectivity index (χ4v) is 1.27. The molecule has 0 saturated carbocycles. The molecule has 0 aromatic carbocycles. The van der Waals surface area contributed by atoms with Crippen LogP contribution in [0.4, 0.5) is 0 Å². The highest BCUT2D eigenvalue weighted by Crippen LogP contribution is 2.06. The Morgan fingerprint density at radius 1 is 1.67 bits per heavy atom. The van der Waals surface area contributed by atoms with E-state index >= 15 is 0 Å². The second-order valence-electron chi connectivity index (χ2n) is 2.15. The van der Waals surface area contributed by atoms with Crippen molar-refractivity contribution in [2.24, 2.45) is 0 Å². The first-order valence-corrected chi connectivity index (χ1v) is 4.87. The average Bonchev–Trinajstić information content (AvgIpc) is 2.15. The largest absolute Gasteiger partial charge is 0.296 e. The number of carbonyl (C=O) groups excluding carboxylic acids is 1. The molecule has 0 radical (unpaired) electrons. The molecule has 1 heterocycles. The summed E-state index contributed by atoms with van der Waals surface area (Å²) < 4.78 is 0. The smallest absolute Gasteiger partial charge is 0.168 e. The van der Waals surface area contributed by atoms with Crippen molar-refractivity contribution in [3.8, 4) is 0 Å². The van der Waals surface area contributed by atoms with Crippen molar-refractivity contribution in [1.29, 1.82) is 0 Å². The molecule has 0 aliphatic heterocycles. The summed E-state index contributed by atoms with van der Waals surface area (Å²) in [5.41, 5.74) is 0.455. The van der Waals surface area contributed by atoms with Crippen molar-refractivity contribution < 1.29 is 4.79 Å². The Labute approximate surface area is 75.6 Å². The Kier molecular flexibility index (Phi) is 3.73. The van der Waals surface area contributed by atoms with Gasteiger partial charge < -0.3 is 0 Å². The van der Waals surface area contributed by atoms with Crippen molar-refractivity contribution in [1.82, 2.24) is 9.97 Å². The lowest BCUT2D eigenvalue weighted by Gasteiger charge is -1.97. The molecular weight excluding hydrogens is 172 g/mol. The molecule has 0 amide bonds. The van der Waals surface area contributed by atoms with E-state index in [1.807, 2.05) is 0 Å². The maximum atomic E-state index is 10.3. The Balaban J connectivity index is 2.66. The molecule has 64 valence electrons. The fourth-order valence-electron chi connectivity index (χ4n) is 0.743. The highest BCUT2D eigenvalue weighted by molar-refractivity contribution is 7.98. The third-order valence-electron chi connectivity index (χ3n) is 1.28. The molecule has 0 fully saturated rings. The quantitative estimate of drug-likeness (QED) is 0.662. The number of hydrogen-bond acceptors (Lipinski definition) is 4. The van der Waals surface area contributed by atoms with Gasteiger partial charge in [-0.15, -0.1) is 0 Å². The van der Waals surface area contributed by atoms with E-state index < -0.39 is 0 Å². The number of carbonyl (C=O) groups is 1. The third kappa shape index (κ3) is 2.62. The van der Waals surface area contributed by atoms with Crippen molar-refractivity contribution in [3.63, 3.8) is 0 Å². The monoisotopic (exact) mass is 182 g/mol. The molecule has 4 heteroatoms. The average molecular weight is 182 g/mol. The number of rotatable bonds is 4. The SMILES string of the molecule is CCSCc1nccc(C=O)n1. The first-order valence-electron chi connectivity index (χ1n) is 3.71. The van der Waals surface area contributed by atoms with Gasteiger partial charge in [-0.3, -0.25) is 4.79 Å². The number of aromatic nitrogens is 2. The van der Waals surface area contributed by atoms with Crippen molar-refractivity contribution >= 4 is 18.0 Å². The van der Waals surface area contributed by atoms with Crippen LogP contribution in [0.2, 0.25) is 0 Å². The molecule has 0 saturated heterocycles. The molecule has 0 N–H and O–H groups in total. The molecule has 3 nitrogen and oxygen atoms in total. The normalized spacial score (nSPS) is 9.75. The molecule has 0 aliphatic carbocycles. The van der Waals surface area contributed by atoms with Crippen molar-refractivity contribution in [3.05, 3.63) is 23.8 Å². The maximum Gasteiger partial charge on any atom is 0.168 e. The molecule has 0 bridgehead atoms. The standard InChI is InChI=1S/C8H10N2OS/c1-2-12-6-8-9-4-3-7(5-11)10-8/h3-5H,2,6H2,1H3. The minimum Gasteiger partial charge on any atom is -0.296 e. The van der Waals surface area contributed by atoms with Gasteiger partial charge in [0.05, 0.1) is 5.75 Å². The van der Waals surface area contributed by atoms with Gasteiger partial charge in [0.15, 0.2) is 6.29 Å². The topological polar surface area (TPSA) is 42.9 Å². The van der Waals surface area contributed by atoms with Crippen LogP contribution in [0.3, 0.4) is 0 Å². The third-order valence-corrected chi connectivity index (χ3v) is 2.15. The summed E-state index contributed by atoms with van der Waals surface area (Å²) in [6, 6.07) is 1.60. The lowest BCUT2D eigenvalue weighted by Crippen LogP contribution is -1.95. The van der Waals surface area contributed by atoms with Crippen LogP contribution < -0.4 is 0 Å². The van der Waals surface area contributed by atoms with Crippen LogP contribution >= 0.6 is 11.8 Å². The minimum atomic E-state index is 0.455. The Hall–Kier alpha value is -0.900. The zero-order valence-electron chi connectivity index (χ0n) is 6.86. The molecule has 0 aliphatic rings. The molecule has 1 rings (SSSR count). The highest BCUT2D eigenvalue weighted by Gasteiger charge is 1.96. The van der Waals surface area contributed by atoms with Gasteiger partial charge in [0, 0.05) is 6.20 Å². The summed E-state index contributed by atoms with van der Waals surface area (Å²) in [5.74, 6) is 2.54. The van der Waals surface area contributed by atoms with Gasteiger partial charge in [-0.25, -0.2) is 9.97 Å². The van der Waals surface area contributed by atoms with Gasteiger partial charge >= 0.3 is 0 Å². The maximum absolute atomic E-state index is 10.3. The Morgan fingerprint density at radius 3 is 3.17 bits per heavy atom. The Bertz CT molecular complexity index is 265. The highest BCUT2D eigenvalue weighted by atomic mass is 32.2. The number of aldehydes is 1. The summed E-state index contributed by atoms with van der Waals surface area (Å²) in [4.78, 5) is 18.4. The first kappa shape index (κ1) is 9.19. The van der Waals surface area contributed by atoms with E-state index in [1.165, 1.54) is 0 Å².